The Morgan fingerprint density at radius 2 is 2.07 bits per heavy atom. The lowest BCUT2D eigenvalue weighted by molar-refractivity contribution is 0.305. The zero-order chi connectivity index (χ0) is 10.4. The Morgan fingerprint density at radius 1 is 1.29 bits per heavy atom. The molecule has 14 heavy (non-hydrogen) atoms. The standard InChI is InChI=1S/C12H17FO/c1-3-4-5-8-14-11-6-7-12(13)10(2)9-11/h6-7,9H,3-5,8H2,1-2H3. The first-order valence-electron chi connectivity index (χ1n) is 5.13. The molecular weight excluding hydrogens is 179 g/mol. The van der Waals surface area contributed by atoms with Crippen molar-refractivity contribution < 1.29 is 9.13 Å². The second kappa shape index (κ2) is 5.63. The van der Waals surface area contributed by atoms with Crippen LogP contribution in [-0.4, -0.2) is 6.61 Å². The highest BCUT2D eigenvalue weighted by Gasteiger charge is 1.99. The van der Waals surface area contributed by atoms with Crippen LogP contribution in [0.15, 0.2) is 18.2 Å². The van der Waals surface area contributed by atoms with E-state index in [0.29, 0.717) is 5.56 Å². The lowest BCUT2D eigenvalue weighted by atomic mass is 10.2. The van der Waals surface area contributed by atoms with Crippen LogP contribution in [0.5, 0.6) is 5.75 Å². The fraction of sp³-hybridized carbons (Fsp3) is 0.500. The number of ether oxygens (including phenoxy) is 1. The lowest BCUT2D eigenvalue weighted by Gasteiger charge is -2.06. The van der Waals surface area contributed by atoms with E-state index >= 15 is 0 Å². The fourth-order valence-corrected chi connectivity index (χ4v) is 1.25. The van der Waals surface area contributed by atoms with Gasteiger partial charge in [-0.15, -0.1) is 0 Å². The first-order chi connectivity index (χ1) is 6.74. The number of benzene rings is 1. The Bertz CT molecular complexity index is 284. The van der Waals surface area contributed by atoms with Crippen LogP contribution in [0.2, 0.25) is 0 Å². The third-order valence-corrected chi connectivity index (χ3v) is 2.15. The van der Waals surface area contributed by atoms with E-state index in [0.717, 1.165) is 18.8 Å². The second-order valence-electron chi connectivity index (χ2n) is 3.47. The number of aryl methyl sites for hydroxylation is 1. The zero-order valence-corrected chi connectivity index (χ0v) is 8.85. The molecule has 0 saturated heterocycles. The molecule has 0 radical (unpaired) electrons. The molecule has 0 bridgehead atoms. The highest BCUT2D eigenvalue weighted by Crippen LogP contribution is 2.16. The summed E-state index contributed by atoms with van der Waals surface area (Å²) in [7, 11) is 0. The van der Waals surface area contributed by atoms with Gasteiger partial charge in [0.2, 0.25) is 0 Å². The molecule has 0 unspecified atom stereocenters. The molecule has 2 heteroatoms. The van der Waals surface area contributed by atoms with Crippen LogP contribution in [-0.2, 0) is 0 Å². The molecule has 0 N–H and O–H groups in total. The summed E-state index contributed by atoms with van der Waals surface area (Å²) in [5.41, 5.74) is 0.637. The van der Waals surface area contributed by atoms with Gasteiger partial charge in [-0.3, -0.25) is 0 Å². The van der Waals surface area contributed by atoms with E-state index in [4.69, 9.17) is 4.74 Å². The van der Waals surface area contributed by atoms with Gasteiger partial charge in [0.15, 0.2) is 0 Å². The smallest absolute Gasteiger partial charge is 0.126 e. The number of hydrogen-bond acceptors (Lipinski definition) is 1. The van der Waals surface area contributed by atoms with Crippen molar-refractivity contribution in [2.24, 2.45) is 0 Å². The number of rotatable bonds is 5. The Kier molecular flexibility index (Phi) is 4.44. The molecule has 78 valence electrons. The number of hydrogen-bond donors (Lipinski definition) is 0. The fourth-order valence-electron chi connectivity index (χ4n) is 1.25. The van der Waals surface area contributed by atoms with Crippen molar-refractivity contribution in [1.82, 2.24) is 0 Å². The predicted octanol–water partition coefficient (Wildman–Crippen LogP) is 3.70. The van der Waals surface area contributed by atoms with Gasteiger partial charge < -0.3 is 4.74 Å². The maximum atomic E-state index is 12.9. The molecule has 0 aromatic heterocycles. The maximum absolute atomic E-state index is 12.9. The van der Waals surface area contributed by atoms with Gasteiger partial charge >= 0.3 is 0 Å². The summed E-state index contributed by atoms with van der Waals surface area (Å²) in [6, 6.07) is 4.86. The number of unbranched alkanes of at least 4 members (excludes halogenated alkanes) is 2. The molecule has 0 aliphatic rings. The zero-order valence-electron chi connectivity index (χ0n) is 8.85. The van der Waals surface area contributed by atoms with Crippen molar-refractivity contribution in [3.63, 3.8) is 0 Å². The first kappa shape index (κ1) is 11.0. The Morgan fingerprint density at radius 3 is 2.71 bits per heavy atom. The molecule has 0 atom stereocenters. The van der Waals surface area contributed by atoms with E-state index in [1.165, 1.54) is 18.9 Å². The summed E-state index contributed by atoms with van der Waals surface area (Å²) < 4.78 is 18.4. The van der Waals surface area contributed by atoms with Crippen LogP contribution in [0, 0.1) is 12.7 Å². The lowest BCUT2D eigenvalue weighted by Crippen LogP contribution is -1.97. The molecule has 0 amide bonds. The Balaban J connectivity index is 2.39. The minimum Gasteiger partial charge on any atom is -0.494 e. The molecule has 0 aliphatic heterocycles. The quantitative estimate of drug-likeness (QED) is 0.652. The van der Waals surface area contributed by atoms with E-state index in [1.54, 1.807) is 19.1 Å². The Labute approximate surface area is 84.9 Å². The van der Waals surface area contributed by atoms with Gasteiger partial charge in [-0.05, 0) is 37.1 Å². The molecule has 0 spiro atoms. The van der Waals surface area contributed by atoms with E-state index in [1.807, 2.05) is 0 Å². The molecule has 0 heterocycles. The third-order valence-electron chi connectivity index (χ3n) is 2.15. The molecule has 0 saturated carbocycles. The van der Waals surface area contributed by atoms with Gasteiger partial charge in [0, 0.05) is 0 Å². The topological polar surface area (TPSA) is 9.23 Å². The van der Waals surface area contributed by atoms with E-state index in [9.17, 15) is 4.39 Å². The van der Waals surface area contributed by atoms with E-state index < -0.39 is 0 Å². The van der Waals surface area contributed by atoms with E-state index in [-0.39, 0.29) is 5.82 Å². The van der Waals surface area contributed by atoms with Crippen LogP contribution in [0.4, 0.5) is 4.39 Å². The van der Waals surface area contributed by atoms with Crippen LogP contribution in [0.25, 0.3) is 0 Å². The van der Waals surface area contributed by atoms with Crippen LogP contribution in [0.3, 0.4) is 0 Å². The summed E-state index contributed by atoms with van der Waals surface area (Å²) >= 11 is 0. The molecule has 1 nitrogen and oxygen atoms in total. The Hall–Kier alpha value is -1.05. The molecule has 1 rings (SSSR count). The molecule has 1 aromatic rings. The van der Waals surface area contributed by atoms with Gasteiger partial charge in [-0.25, -0.2) is 4.39 Å². The highest BCUT2D eigenvalue weighted by atomic mass is 19.1. The van der Waals surface area contributed by atoms with Gasteiger partial charge in [0.1, 0.15) is 11.6 Å². The third kappa shape index (κ3) is 3.36. The summed E-state index contributed by atoms with van der Waals surface area (Å²) in [4.78, 5) is 0. The number of halogens is 1. The summed E-state index contributed by atoms with van der Waals surface area (Å²) in [6.07, 6.45) is 3.43. The van der Waals surface area contributed by atoms with Crippen molar-refractivity contribution in [2.45, 2.75) is 33.1 Å². The van der Waals surface area contributed by atoms with Gasteiger partial charge in [0.05, 0.1) is 6.61 Å². The van der Waals surface area contributed by atoms with Crippen LogP contribution >= 0.6 is 0 Å². The average molecular weight is 196 g/mol. The van der Waals surface area contributed by atoms with Gasteiger partial charge in [0.25, 0.3) is 0 Å². The largest absolute Gasteiger partial charge is 0.494 e. The van der Waals surface area contributed by atoms with Gasteiger partial charge in [-0.2, -0.15) is 0 Å². The van der Waals surface area contributed by atoms with Crippen molar-refractivity contribution in [1.29, 1.82) is 0 Å². The molecule has 0 fully saturated rings. The highest BCUT2D eigenvalue weighted by molar-refractivity contribution is 5.28. The minimum atomic E-state index is -0.175. The second-order valence-corrected chi connectivity index (χ2v) is 3.47. The maximum Gasteiger partial charge on any atom is 0.126 e. The minimum absolute atomic E-state index is 0.175. The van der Waals surface area contributed by atoms with Crippen LogP contribution in [0.1, 0.15) is 31.7 Å². The normalized spacial score (nSPS) is 10.2. The van der Waals surface area contributed by atoms with E-state index in [2.05, 4.69) is 6.92 Å². The molecule has 1 aromatic carbocycles. The SMILES string of the molecule is CCCCCOc1ccc(F)c(C)c1. The van der Waals surface area contributed by atoms with Crippen molar-refractivity contribution in [3.05, 3.63) is 29.6 Å². The van der Waals surface area contributed by atoms with Crippen molar-refractivity contribution in [3.8, 4) is 5.75 Å². The van der Waals surface area contributed by atoms with Gasteiger partial charge in [-0.1, -0.05) is 19.8 Å². The summed E-state index contributed by atoms with van der Waals surface area (Å²) in [5, 5.41) is 0. The monoisotopic (exact) mass is 196 g/mol. The molecule has 0 aliphatic carbocycles. The predicted molar refractivity (Wildman–Crippen MR) is 56.2 cm³/mol. The first-order valence-corrected chi connectivity index (χ1v) is 5.13. The van der Waals surface area contributed by atoms with Crippen molar-refractivity contribution >= 4 is 0 Å². The van der Waals surface area contributed by atoms with Crippen LogP contribution < -0.4 is 4.74 Å². The average Bonchev–Trinajstić information content (AvgIpc) is 2.18. The summed E-state index contributed by atoms with van der Waals surface area (Å²) in [6.45, 7) is 4.62. The molecular formula is C12H17FO. The van der Waals surface area contributed by atoms with Crippen molar-refractivity contribution in [2.75, 3.05) is 6.61 Å². The summed E-state index contributed by atoms with van der Waals surface area (Å²) in [5.74, 6) is 0.589.